The SMILES string of the molecule is CCNC(=NCc1ccccc1F)NCC1CCCN1CCOC.I. The van der Waals surface area contributed by atoms with E-state index in [2.05, 4.69) is 20.5 Å². The molecular formula is C18H30FIN4O. The van der Waals surface area contributed by atoms with E-state index in [-0.39, 0.29) is 29.8 Å². The normalized spacial score (nSPS) is 18.0. The maximum atomic E-state index is 13.7. The van der Waals surface area contributed by atoms with Crippen LogP contribution in [0.2, 0.25) is 0 Å². The van der Waals surface area contributed by atoms with Crippen molar-refractivity contribution in [3.63, 3.8) is 0 Å². The van der Waals surface area contributed by atoms with Crippen molar-refractivity contribution in [2.24, 2.45) is 4.99 Å². The van der Waals surface area contributed by atoms with E-state index in [9.17, 15) is 4.39 Å². The van der Waals surface area contributed by atoms with E-state index >= 15 is 0 Å². The highest BCUT2D eigenvalue weighted by molar-refractivity contribution is 14.0. The summed E-state index contributed by atoms with van der Waals surface area (Å²) in [6, 6.07) is 7.27. The first-order chi connectivity index (χ1) is 11.7. The lowest BCUT2D eigenvalue weighted by Gasteiger charge is -2.25. The van der Waals surface area contributed by atoms with Crippen LogP contribution in [0.1, 0.15) is 25.3 Å². The van der Waals surface area contributed by atoms with Gasteiger partial charge in [-0.2, -0.15) is 0 Å². The Balaban J connectivity index is 0.00000312. The first-order valence-corrected chi connectivity index (χ1v) is 8.73. The van der Waals surface area contributed by atoms with Crippen LogP contribution in [0.5, 0.6) is 0 Å². The van der Waals surface area contributed by atoms with Crippen molar-refractivity contribution >= 4 is 29.9 Å². The van der Waals surface area contributed by atoms with Crippen LogP contribution in [0.25, 0.3) is 0 Å². The van der Waals surface area contributed by atoms with E-state index in [1.165, 1.54) is 18.9 Å². The highest BCUT2D eigenvalue weighted by Crippen LogP contribution is 2.15. The molecule has 0 amide bonds. The maximum absolute atomic E-state index is 13.7. The van der Waals surface area contributed by atoms with Gasteiger partial charge in [-0.1, -0.05) is 18.2 Å². The fourth-order valence-corrected chi connectivity index (χ4v) is 2.98. The quantitative estimate of drug-likeness (QED) is 0.353. The molecule has 0 spiro atoms. The summed E-state index contributed by atoms with van der Waals surface area (Å²) in [6.45, 7) is 6.83. The Morgan fingerprint density at radius 3 is 2.88 bits per heavy atom. The summed E-state index contributed by atoms with van der Waals surface area (Å²) < 4.78 is 18.9. The summed E-state index contributed by atoms with van der Waals surface area (Å²) in [5.74, 6) is 0.526. The predicted octanol–water partition coefficient (Wildman–Crippen LogP) is 2.61. The molecule has 1 unspecified atom stereocenters. The molecule has 5 nitrogen and oxygen atoms in total. The van der Waals surface area contributed by atoms with Gasteiger partial charge in [-0.3, -0.25) is 4.90 Å². The average Bonchev–Trinajstić information content (AvgIpc) is 3.04. The number of aliphatic imine (C=N–C) groups is 1. The number of rotatable bonds is 8. The molecule has 0 bridgehead atoms. The first kappa shape index (κ1) is 22.1. The zero-order valence-electron chi connectivity index (χ0n) is 15.1. The number of halogens is 2. The Kier molecular flexibility index (Phi) is 11.0. The van der Waals surface area contributed by atoms with Crippen LogP contribution in [0, 0.1) is 5.82 Å². The molecule has 142 valence electrons. The van der Waals surface area contributed by atoms with E-state index in [0.717, 1.165) is 38.7 Å². The van der Waals surface area contributed by atoms with Gasteiger partial charge in [0.25, 0.3) is 0 Å². The molecule has 1 aromatic rings. The third kappa shape index (κ3) is 7.45. The van der Waals surface area contributed by atoms with Crippen molar-refractivity contribution in [1.82, 2.24) is 15.5 Å². The second-order valence-corrected chi connectivity index (χ2v) is 5.99. The van der Waals surface area contributed by atoms with E-state index in [1.54, 1.807) is 19.2 Å². The smallest absolute Gasteiger partial charge is 0.191 e. The van der Waals surface area contributed by atoms with Gasteiger partial charge in [-0.25, -0.2) is 9.38 Å². The van der Waals surface area contributed by atoms with Gasteiger partial charge in [0.1, 0.15) is 5.82 Å². The van der Waals surface area contributed by atoms with E-state index < -0.39 is 0 Å². The van der Waals surface area contributed by atoms with Gasteiger partial charge < -0.3 is 15.4 Å². The molecule has 1 aliphatic heterocycles. The van der Waals surface area contributed by atoms with Crippen LogP contribution < -0.4 is 10.6 Å². The van der Waals surface area contributed by atoms with Gasteiger partial charge in [-0.15, -0.1) is 24.0 Å². The molecule has 2 N–H and O–H groups in total. The minimum atomic E-state index is -0.210. The van der Waals surface area contributed by atoms with E-state index in [4.69, 9.17) is 4.74 Å². The molecule has 0 radical (unpaired) electrons. The summed E-state index contributed by atoms with van der Waals surface area (Å²) >= 11 is 0. The maximum Gasteiger partial charge on any atom is 0.191 e. The van der Waals surface area contributed by atoms with Crippen LogP contribution in [-0.2, 0) is 11.3 Å². The molecule has 2 rings (SSSR count). The minimum absolute atomic E-state index is 0. The van der Waals surface area contributed by atoms with Crippen molar-refractivity contribution in [1.29, 1.82) is 0 Å². The van der Waals surface area contributed by atoms with Crippen LogP contribution >= 0.6 is 24.0 Å². The number of hydrogen-bond donors (Lipinski definition) is 2. The Morgan fingerprint density at radius 1 is 1.36 bits per heavy atom. The zero-order valence-corrected chi connectivity index (χ0v) is 17.5. The zero-order chi connectivity index (χ0) is 17.2. The van der Waals surface area contributed by atoms with Crippen LogP contribution in [0.4, 0.5) is 4.39 Å². The number of hydrogen-bond acceptors (Lipinski definition) is 3. The fraction of sp³-hybridized carbons (Fsp3) is 0.611. The van der Waals surface area contributed by atoms with Gasteiger partial charge in [0.15, 0.2) is 5.96 Å². The molecule has 0 aromatic heterocycles. The average molecular weight is 464 g/mol. The van der Waals surface area contributed by atoms with Crippen molar-refractivity contribution in [3.05, 3.63) is 35.6 Å². The number of likely N-dealkylation sites (tertiary alicyclic amines) is 1. The summed E-state index contributed by atoms with van der Waals surface area (Å²) in [5.41, 5.74) is 0.609. The molecule has 0 saturated carbocycles. The van der Waals surface area contributed by atoms with Gasteiger partial charge >= 0.3 is 0 Å². The number of nitrogens with one attached hydrogen (secondary N) is 2. The third-order valence-corrected chi connectivity index (χ3v) is 4.30. The second-order valence-electron chi connectivity index (χ2n) is 5.99. The number of nitrogens with zero attached hydrogens (tertiary/aromatic N) is 2. The van der Waals surface area contributed by atoms with Gasteiger partial charge in [0.2, 0.25) is 0 Å². The molecule has 25 heavy (non-hydrogen) atoms. The summed E-state index contributed by atoms with van der Waals surface area (Å²) in [4.78, 5) is 6.96. The number of guanidine groups is 1. The predicted molar refractivity (Wildman–Crippen MR) is 111 cm³/mol. The van der Waals surface area contributed by atoms with Crippen molar-refractivity contribution in [3.8, 4) is 0 Å². The molecule has 1 atom stereocenters. The molecule has 0 aliphatic carbocycles. The van der Waals surface area contributed by atoms with Gasteiger partial charge in [0.05, 0.1) is 13.2 Å². The minimum Gasteiger partial charge on any atom is -0.383 e. The van der Waals surface area contributed by atoms with Crippen molar-refractivity contribution in [2.45, 2.75) is 32.4 Å². The summed E-state index contributed by atoms with van der Waals surface area (Å²) in [6.07, 6.45) is 2.41. The molecule has 1 saturated heterocycles. The Hall–Kier alpha value is -0.930. The molecule has 1 aromatic carbocycles. The second kappa shape index (κ2) is 12.4. The summed E-state index contributed by atoms with van der Waals surface area (Å²) in [7, 11) is 1.74. The van der Waals surface area contributed by atoms with E-state index in [0.29, 0.717) is 18.2 Å². The number of ether oxygens (including phenoxy) is 1. The summed E-state index contributed by atoms with van der Waals surface area (Å²) in [5, 5.41) is 6.62. The van der Waals surface area contributed by atoms with Gasteiger partial charge in [0, 0.05) is 38.3 Å². The molecule has 1 fully saturated rings. The van der Waals surface area contributed by atoms with Crippen LogP contribution in [-0.4, -0.2) is 56.8 Å². The van der Waals surface area contributed by atoms with Crippen LogP contribution in [0.15, 0.2) is 29.3 Å². The monoisotopic (exact) mass is 464 g/mol. The topological polar surface area (TPSA) is 48.9 Å². The highest BCUT2D eigenvalue weighted by Gasteiger charge is 2.23. The van der Waals surface area contributed by atoms with Crippen LogP contribution in [0.3, 0.4) is 0 Å². The first-order valence-electron chi connectivity index (χ1n) is 8.73. The Labute approximate surface area is 167 Å². The lowest BCUT2D eigenvalue weighted by molar-refractivity contribution is 0.141. The Bertz CT molecular complexity index is 530. The third-order valence-electron chi connectivity index (χ3n) is 4.30. The lowest BCUT2D eigenvalue weighted by atomic mass is 10.2. The van der Waals surface area contributed by atoms with Crippen molar-refractivity contribution in [2.75, 3.05) is 39.9 Å². The number of benzene rings is 1. The lowest BCUT2D eigenvalue weighted by Crippen LogP contribution is -2.45. The highest BCUT2D eigenvalue weighted by atomic mass is 127. The molecule has 1 aliphatic rings. The fourth-order valence-electron chi connectivity index (χ4n) is 2.98. The number of methoxy groups -OCH3 is 1. The molecule has 1 heterocycles. The molecule has 7 heteroatoms. The van der Waals surface area contributed by atoms with E-state index in [1.807, 2.05) is 13.0 Å². The van der Waals surface area contributed by atoms with Crippen molar-refractivity contribution < 1.29 is 9.13 Å². The van der Waals surface area contributed by atoms with Gasteiger partial charge in [-0.05, 0) is 32.4 Å². The largest absolute Gasteiger partial charge is 0.383 e. The molecular weight excluding hydrogens is 434 g/mol. The standard InChI is InChI=1S/C18H29FN4O.HI/c1-3-20-18(21-13-15-7-4-5-9-17(15)19)22-14-16-8-6-10-23(16)11-12-24-2;/h4-5,7,9,16H,3,6,8,10-14H2,1-2H3,(H2,20,21,22);1H. The Morgan fingerprint density at radius 2 is 2.16 bits per heavy atom.